The van der Waals surface area contributed by atoms with Crippen LogP contribution in [-0.2, 0) is 10.8 Å². The highest BCUT2D eigenvalue weighted by atomic mass is 15.0. The number of allylic oxidation sites excluding steroid dienone is 4. The first-order valence-corrected chi connectivity index (χ1v) is 23.6. The van der Waals surface area contributed by atoms with Crippen LogP contribution in [0.5, 0.6) is 0 Å². The SMILES string of the molecule is CC.CC1(C)C2=C(CCC(n3c4ccccc4c4cc(-c5ccccc5)ccc43)=C2)c2ccc(-c3cccc4c3-c3ccccc3C43c4ccccc4-c4ccc5ccccc5c43)cc21. The zero-order valence-electron chi connectivity index (χ0n) is 37.4. The van der Waals surface area contributed by atoms with Crippen molar-refractivity contribution in [3.05, 3.63) is 239 Å². The molecule has 14 rings (SSSR count). The van der Waals surface area contributed by atoms with E-state index in [1.54, 1.807) is 0 Å². The number of para-hydroxylation sites is 1. The van der Waals surface area contributed by atoms with E-state index in [9.17, 15) is 0 Å². The van der Waals surface area contributed by atoms with Gasteiger partial charge in [-0.3, -0.25) is 0 Å². The molecule has 1 spiro atoms. The quantitative estimate of drug-likeness (QED) is 0.167. The molecule has 310 valence electrons. The fourth-order valence-electron chi connectivity index (χ4n) is 12.7. The molecule has 0 bridgehead atoms. The average molecular weight is 832 g/mol. The summed E-state index contributed by atoms with van der Waals surface area (Å²) in [7, 11) is 0. The molecule has 0 radical (unpaired) electrons. The first-order chi connectivity index (χ1) is 32.0. The molecule has 0 saturated heterocycles. The number of hydrogen-bond acceptors (Lipinski definition) is 0. The first-order valence-electron chi connectivity index (χ1n) is 23.6. The molecule has 1 unspecified atom stereocenters. The van der Waals surface area contributed by atoms with Crippen molar-refractivity contribution >= 4 is 43.8 Å². The van der Waals surface area contributed by atoms with Gasteiger partial charge in [-0.05, 0) is 143 Å². The molecule has 0 N–H and O–H groups in total. The first kappa shape index (κ1) is 38.0. The number of aromatic nitrogens is 1. The van der Waals surface area contributed by atoms with Crippen molar-refractivity contribution in [1.82, 2.24) is 4.57 Å². The monoisotopic (exact) mass is 831 g/mol. The van der Waals surface area contributed by atoms with E-state index in [1.807, 2.05) is 13.8 Å². The average Bonchev–Trinajstić information content (AvgIpc) is 4.04. The molecular formula is C64H49N. The Labute approximate surface area is 381 Å². The number of hydrogen-bond donors (Lipinski definition) is 0. The van der Waals surface area contributed by atoms with Crippen LogP contribution >= 0.6 is 0 Å². The van der Waals surface area contributed by atoms with Crippen LogP contribution in [-0.4, -0.2) is 4.57 Å². The molecule has 1 atom stereocenters. The molecule has 4 aliphatic rings. The summed E-state index contributed by atoms with van der Waals surface area (Å²) in [5.41, 5.74) is 25.2. The highest BCUT2D eigenvalue weighted by Gasteiger charge is 2.53. The maximum Gasteiger partial charge on any atom is 0.0731 e. The van der Waals surface area contributed by atoms with Crippen molar-refractivity contribution in [2.75, 3.05) is 0 Å². The molecule has 1 nitrogen and oxygen atoms in total. The van der Waals surface area contributed by atoms with Crippen LogP contribution in [0, 0.1) is 0 Å². The maximum atomic E-state index is 2.55. The third-order valence-corrected chi connectivity index (χ3v) is 15.3. The van der Waals surface area contributed by atoms with Gasteiger partial charge in [-0.25, -0.2) is 0 Å². The summed E-state index contributed by atoms with van der Waals surface area (Å²) >= 11 is 0. The van der Waals surface area contributed by atoms with Crippen molar-refractivity contribution in [2.45, 2.75) is 51.4 Å². The topological polar surface area (TPSA) is 4.93 Å². The Morgan fingerprint density at radius 2 is 1.06 bits per heavy atom. The van der Waals surface area contributed by atoms with Crippen molar-refractivity contribution < 1.29 is 0 Å². The number of benzene rings is 9. The van der Waals surface area contributed by atoms with Crippen molar-refractivity contribution in [1.29, 1.82) is 0 Å². The molecule has 4 aliphatic carbocycles. The molecule has 1 heteroatoms. The second kappa shape index (κ2) is 14.0. The molecule has 0 saturated carbocycles. The Kier molecular flexibility index (Phi) is 8.19. The lowest BCUT2D eigenvalue weighted by molar-refractivity contribution is 0.651. The van der Waals surface area contributed by atoms with Crippen LogP contribution in [0.3, 0.4) is 0 Å². The van der Waals surface area contributed by atoms with Crippen LogP contribution < -0.4 is 0 Å². The minimum atomic E-state index is -0.414. The molecule has 65 heavy (non-hydrogen) atoms. The van der Waals surface area contributed by atoms with E-state index in [0.29, 0.717) is 0 Å². The van der Waals surface area contributed by atoms with Gasteiger partial charge in [-0.2, -0.15) is 0 Å². The van der Waals surface area contributed by atoms with Crippen molar-refractivity contribution in [3.63, 3.8) is 0 Å². The predicted octanol–water partition coefficient (Wildman–Crippen LogP) is 17.0. The van der Waals surface area contributed by atoms with Gasteiger partial charge in [-0.15, -0.1) is 0 Å². The third kappa shape index (κ3) is 5.04. The van der Waals surface area contributed by atoms with Gasteiger partial charge in [0.1, 0.15) is 0 Å². The number of fused-ring (bicyclic) bond motifs is 17. The lowest BCUT2D eigenvalue weighted by Crippen LogP contribution is -2.26. The molecule has 9 aromatic carbocycles. The Morgan fingerprint density at radius 1 is 0.415 bits per heavy atom. The Bertz CT molecular complexity index is 3700. The normalized spacial score (nSPS) is 17.0. The molecule has 0 aliphatic heterocycles. The number of nitrogens with zero attached hydrogens (tertiary/aromatic N) is 1. The van der Waals surface area contributed by atoms with Crippen LogP contribution in [0.25, 0.3) is 88.4 Å². The summed E-state index contributed by atoms with van der Waals surface area (Å²) < 4.78 is 2.55. The summed E-state index contributed by atoms with van der Waals surface area (Å²) in [6.07, 6.45) is 4.57. The smallest absolute Gasteiger partial charge is 0.0731 e. The van der Waals surface area contributed by atoms with Gasteiger partial charge in [-0.1, -0.05) is 198 Å². The van der Waals surface area contributed by atoms with Gasteiger partial charge in [0.2, 0.25) is 0 Å². The number of rotatable bonds is 3. The fraction of sp³-hybridized carbons (Fsp3) is 0.125. The minimum absolute atomic E-state index is 0.162. The van der Waals surface area contributed by atoms with Crippen LogP contribution in [0.2, 0.25) is 0 Å². The predicted molar refractivity (Wildman–Crippen MR) is 275 cm³/mol. The van der Waals surface area contributed by atoms with Gasteiger partial charge >= 0.3 is 0 Å². The summed E-state index contributed by atoms with van der Waals surface area (Å²) in [5.74, 6) is 0. The molecule has 0 amide bonds. The molecule has 1 aromatic heterocycles. The van der Waals surface area contributed by atoms with Gasteiger partial charge < -0.3 is 4.57 Å². The fourth-order valence-corrected chi connectivity index (χ4v) is 12.7. The maximum absolute atomic E-state index is 2.55. The van der Waals surface area contributed by atoms with Crippen LogP contribution in [0.4, 0.5) is 0 Å². The lowest BCUT2D eigenvalue weighted by Gasteiger charge is -2.31. The van der Waals surface area contributed by atoms with Crippen molar-refractivity contribution in [3.8, 4) is 44.5 Å². The van der Waals surface area contributed by atoms with E-state index in [4.69, 9.17) is 0 Å². The molecule has 10 aromatic rings. The second-order valence-electron chi connectivity index (χ2n) is 18.6. The van der Waals surface area contributed by atoms with Gasteiger partial charge in [0, 0.05) is 21.9 Å². The minimum Gasteiger partial charge on any atom is -0.313 e. The van der Waals surface area contributed by atoms with Crippen LogP contribution in [0.1, 0.15) is 73.9 Å². The van der Waals surface area contributed by atoms with Gasteiger partial charge in [0.15, 0.2) is 0 Å². The van der Waals surface area contributed by atoms with E-state index in [0.717, 1.165) is 12.8 Å². The Balaban J connectivity index is 0.00000209. The highest BCUT2D eigenvalue weighted by molar-refractivity contribution is 6.12. The zero-order valence-corrected chi connectivity index (χ0v) is 37.4. The van der Waals surface area contributed by atoms with Crippen LogP contribution in [0.15, 0.2) is 206 Å². The molecule has 0 fully saturated rings. The third-order valence-electron chi connectivity index (χ3n) is 15.3. The van der Waals surface area contributed by atoms with E-state index in [2.05, 4.69) is 219 Å². The summed E-state index contributed by atoms with van der Waals surface area (Å²) in [6.45, 7) is 8.90. The van der Waals surface area contributed by atoms with E-state index < -0.39 is 5.41 Å². The Hall–Kier alpha value is -7.48. The molecule has 1 heterocycles. The summed E-state index contributed by atoms with van der Waals surface area (Å²) in [5, 5.41) is 5.24. The van der Waals surface area contributed by atoms with Crippen molar-refractivity contribution in [2.24, 2.45) is 0 Å². The van der Waals surface area contributed by atoms with E-state index in [1.165, 1.54) is 127 Å². The highest BCUT2D eigenvalue weighted by Crippen LogP contribution is 2.65. The standard InChI is InChI=1S/C62H43N.C2H6/c1-61(2)55-36-41(28-31-46(55)47-33-30-42(37-56(47)61)63-57-26-13-10-20-48(57)51-35-40(29-34-58(51)63)38-15-4-3-5-16-38)43-22-14-25-54-59(43)50-21-9-12-24-53(50)62(54)52-23-11-8-19-45(52)49-32-27-39-17-6-7-18-44(39)60(49)62;1-2/h3-29,31-32,34-37H,30,33H2,1-2H3;1-2H3. The second-order valence-corrected chi connectivity index (χ2v) is 18.6. The Morgan fingerprint density at radius 3 is 1.91 bits per heavy atom. The largest absolute Gasteiger partial charge is 0.313 e. The van der Waals surface area contributed by atoms with E-state index >= 15 is 0 Å². The lowest BCUT2D eigenvalue weighted by atomic mass is 9.69. The van der Waals surface area contributed by atoms with E-state index in [-0.39, 0.29) is 5.41 Å². The summed E-state index contributed by atoms with van der Waals surface area (Å²) in [4.78, 5) is 0. The molecular weight excluding hydrogens is 783 g/mol. The summed E-state index contributed by atoms with van der Waals surface area (Å²) in [6, 6.07) is 73.4. The zero-order chi connectivity index (χ0) is 43.6. The van der Waals surface area contributed by atoms with Gasteiger partial charge in [0.25, 0.3) is 0 Å². The van der Waals surface area contributed by atoms with Gasteiger partial charge in [0.05, 0.1) is 16.4 Å².